The zero-order valence-corrected chi connectivity index (χ0v) is 12.8. The predicted molar refractivity (Wildman–Crippen MR) is 82.1 cm³/mol. The van der Waals surface area contributed by atoms with E-state index >= 15 is 0 Å². The number of ether oxygens (including phenoxy) is 1. The van der Waals surface area contributed by atoms with Crippen LogP contribution in [-0.4, -0.2) is 13.2 Å². The van der Waals surface area contributed by atoms with Crippen molar-refractivity contribution in [1.82, 2.24) is 0 Å². The molecule has 2 nitrogen and oxygen atoms in total. The van der Waals surface area contributed by atoms with Crippen molar-refractivity contribution in [2.45, 2.75) is 58.9 Å². The summed E-state index contributed by atoms with van der Waals surface area (Å²) in [5.74, 6) is 1.83. The molecule has 0 heterocycles. The molecule has 1 aliphatic carbocycles. The normalized spacial score (nSPS) is 18.1. The van der Waals surface area contributed by atoms with Crippen molar-refractivity contribution in [1.29, 1.82) is 0 Å². The van der Waals surface area contributed by atoms with E-state index in [-0.39, 0.29) is 0 Å². The van der Waals surface area contributed by atoms with Crippen LogP contribution in [0, 0.1) is 19.8 Å². The third-order valence-electron chi connectivity index (χ3n) is 4.55. The van der Waals surface area contributed by atoms with E-state index in [9.17, 15) is 0 Å². The third-order valence-corrected chi connectivity index (χ3v) is 4.55. The Morgan fingerprint density at radius 3 is 2.47 bits per heavy atom. The minimum atomic E-state index is 0.548. The van der Waals surface area contributed by atoms with Gasteiger partial charge >= 0.3 is 0 Å². The Morgan fingerprint density at radius 1 is 1.16 bits per heavy atom. The van der Waals surface area contributed by atoms with E-state index < -0.39 is 0 Å². The quantitative estimate of drug-likeness (QED) is 0.848. The second-order valence-corrected chi connectivity index (χ2v) is 5.92. The molecule has 1 saturated carbocycles. The molecular formula is C17H27NO. The topological polar surface area (TPSA) is 21.3 Å². The number of hydrogen-bond acceptors (Lipinski definition) is 2. The number of nitrogens with one attached hydrogen (secondary N) is 1. The number of anilines is 1. The highest BCUT2D eigenvalue weighted by Gasteiger charge is 2.20. The lowest BCUT2D eigenvalue weighted by Crippen LogP contribution is -2.28. The van der Waals surface area contributed by atoms with Gasteiger partial charge in [0.15, 0.2) is 0 Å². The van der Waals surface area contributed by atoms with Gasteiger partial charge in [-0.2, -0.15) is 0 Å². The Morgan fingerprint density at radius 2 is 1.84 bits per heavy atom. The average molecular weight is 261 g/mol. The number of methoxy groups -OCH3 is 1. The summed E-state index contributed by atoms with van der Waals surface area (Å²) >= 11 is 0. The van der Waals surface area contributed by atoms with Crippen LogP contribution in [0.1, 0.15) is 50.2 Å². The summed E-state index contributed by atoms with van der Waals surface area (Å²) in [5.41, 5.74) is 3.65. The fourth-order valence-corrected chi connectivity index (χ4v) is 3.29. The summed E-state index contributed by atoms with van der Waals surface area (Å²) in [4.78, 5) is 0. The highest BCUT2D eigenvalue weighted by molar-refractivity contribution is 5.60. The summed E-state index contributed by atoms with van der Waals surface area (Å²) in [6.45, 7) is 6.56. The van der Waals surface area contributed by atoms with E-state index in [2.05, 4.69) is 38.2 Å². The maximum Gasteiger partial charge on any atom is 0.126 e. The van der Waals surface area contributed by atoms with E-state index in [0.29, 0.717) is 6.04 Å². The van der Waals surface area contributed by atoms with Gasteiger partial charge in [0, 0.05) is 17.3 Å². The number of aryl methyl sites for hydroxylation is 1. The smallest absolute Gasteiger partial charge is 0.126 e. The lowest BCUT2D eigenvalue weighted by atomic mass is 9.84. The van der Waals surface area contributed by atoms with Crippen LogP contribution in [0.2, 0.25) is 0 Å². The fraction of sp³-hybridized carbons (Fsp3) is 0.647. The SMILES string of the molecule is COc1c(C)ccc(NC(C)C2CCCCC2)c1C. The Labute approximate surface area is 117 Å². The van der Waals surface area contributed by atoms with Crippen molar-refractivity contribution in [3.63, 3.8) is 0 Å². The van der Waals surface area contributed by atoms with Gasteiger partial charge in [-0.15, -0.1) is 0 Å². The molecule has 0 amide bonds. The van der Waals surface area contributed by atoms with E-state index in [1.807, 2.05) is 0 Å². The number of rotatable bonds is 4. The summed E-state index contributed by atoms with van der Waals surface area (Å²) in [6.07, 6.45) is 6.95. The average Bonchev–Trinajstić information content (AvgIpc) is 2.43. The summed E-state index contributed by atoms with van der Waals surface area (Å²) in [7, 11) is 1.75. The Kier molecular flexibility index (Phi) is 4.73. The molecule has 0 bridgehead atoms. The molecule has 1 fully saturated rings. The molecule has 19 heavy (non-hydrogen) atoms. The van der Waals surface area contributed by atoms with Crippen molar-refractivity contribution in [3.05, 3.63) is 23.3 Å². The first-order valence-corrected chi connectivity index (χ1v) is 7.54. The molecule has 1 N–H and O–H groups in total. The van der Waals surface area contributed by atoms with E-state index in [0.717, 1.165) is 11.7 Å². The standard InChI is InChI=1S/C17H27NO/c1-12-10-11-16(13(2)17(12)19-4)18-14(3)15-8-6-5-7-9-15/h10-11,14-15,18H,5-9H2,1-4H3. The summed E-state index contributed by atoms with van der Waals surface area (Å²) in [5, 5.41) is 3.70. The minimum Gasteiger partial charge on any atom is -0.496 e. The van der Waals surface area contributed by atoms with Crippen LogP contribution >= 0.6 is 0 Å². The molecule has 0 radical (unpaired) electrons. The first-order valence-electron chi connectivity index (χ1n) is 7.54. The Hall–Kier alpha value is -1.18. The molecule has 0 spiro atoms. The van der Waals surface area contributed by atoms with Crippen molar-refractivity contribution < 1.29 is 4.74 Å². The van der Waals surface area contributed by atoms with Crippen molar-refractivity contribution in [2.24, 2.45) is 5.92 Å². The first kappa shape index (κ1) is 14.2. The van der Waals surface area contributed by atoms with Crippen LogP contribution < -0.4 is 10.1 Å². The predicted octanol–water partition coefficient (Wildman–Crippen LogP) is 4.69. The molecule has 1 atom stereocenters. The zero-order valence-electron chi connectivity index (χ0n) is 12.8. The monoisotopic (exact) mass is 261 g/mol. The molecule has 1 aromatic carbocycles. The Bertz CT molecular complexity index is 422. The second kappa shape index (κ2) is 6.31. The minimum absolute atomic E-state index is 0.548. The largest absolute Gasteiger partial charge is 0.496 e. The molecular weight excluding hydrogens is 234 g/mol. The van der Waals surface area contributed by atoms with Gasteiger partial charge < -0.3 is 10.1 Å². The molecule has 0 aromatic heterocycles. The van der Waals surface area contributed by atoms with Crippen LogP contribution in [0.5, 0.6) is 5.75 Å². The third kappa shape index (κ3) is 3.23. The van der Waals surface area contributed by atoms with Crippen LogP contribution in [0.4, 0.5) is 5.69 Å². The van der Waals surface area contributed by atoms with E-state index in [4.69, 9.17) is 4.74 Å². The van der Waals surface area contributed by atoms with Gasteiger partial charge in [-0.05, 0) is 51.2 Å². The van der Waals surface area contributed by atoms with Crippen LogP contribution in [0.3, 0.4) is 0 Å². The van der Waals surface area contributed by atoms with Gasteiger partial charge in [0.25, 0.3) is 0 Å². The molecule has 2 heteroatoms. The maximum absolute atomic E-state index is 5.50. The lowest BCUT2D eigenvalue weighted by Gasteiger charge is -2.29. The molecule has 1 unspecified atom stereocenters. The highest BCUT2D eigenvalue weighted by atomic mass is 16.5. The number of hydrogen-bond donors (Lipinski definition) is 1. The van der Waals surface area contributed by atoms with Crippen molar-refractivity contribution >= 4 is 5.69 Å². The molecule has 2 rings (SSSR count). The lowest BCUT2D eigenvalue weighted by molar-refractivity contribution is 0.328. The molecule has 1 aliphatic rings. The van der Waals surface area contributed by atoms with Gasteiger partial charge in [0.05, 0.1) is 7.11 Å². The Balaban J connectivity index is 2.10. The zero-order chi connectivity index (χ0) is 13.8. The number of benzene rings is 1. The van der Waals surface area contributed by atoms with Crippen molar-refractivity contribution in [2.75, 3.05) is 12.4 Å². The van der Waals surface area contributed by atoms with Crippen LogP contribution in [0.25, 0.3) is 0 Å². The van der Waals surface area contributed by atoms with Crippen LogP contribution in [0.15, 0.2) is 12.1 Å². The molecule has 106 valence electrons. The fourth-order valence-electron chi connectivity index (χ4n) is 3.29. The van der Waals surface area contributed by atoms with Crippen LogP contribution in [-0.2, 0) is 0 Å². The molecule has 0 saturated heterocycles. The van der Waals surface area contributed by atoms with Crippen molar-refractivity contribution in [3.8, 4) is 5.75 Å². The first-order chi connectivity index (χ1) is 9.13. The second-order valence-electron chi connectivity index (χ2n) is 5.92. The summed E-state index contributed by atoms with van der Waals surface area (Å²) in [6, 6.07) is 4.88. The highest BCUT2D eigenvalue weighted by Crippen LogP contribution is 2.32. The van der Waals surface area contributed by atoms with Gasteiger partial charge in [-0.1, -0.05) is 25.3 Å². The van der Waals surface area contributed by atoms with Gasteiger partial charge in [0.2, 0.25) is 0 Å². The van der Waals surface area contributed by atoms with E-state index in [1.165, 1.54) is 48.9 Å². The summed E-state index contributed by atoms with van der Waals surface area (Å²) < 4.78 is 5.50. The maximum atomic E-state index is 5.50. The molecule has 0 aliphatic heterocycles. The van der Waals surface area contributed by atoms with Gasteiger partial charge in [0.1, 0.15) is 5.75 Å². The van der Waals surface area contributed by atoms with Gasteiger partial charge in [-0.3, -0.25) is 0 Å². The molecule has 1 aromatic rings. The van der Waals surface area contributed by atoms with Gasteiger partial charge in [-0.25, -0.2) is 0 Å². The van der Waals surface area contributed by atoms with E-state index in [1.54, 1.807) is 7.11 Å².